The lowest BCUT2D eigenvalue weighted by molar-refractivity contribution is -0.385. The summed E-state index contributed by atoms with van der Waals surface area (Å²) in [5.74, 6) is -0.655. The number of benzene rings is 1. The van der Waals surface area contributed by atoms with E-state index in [1.165, 1.54) is 12.1 Å². The molecular formula is C14H20N2O4. The first kappa shape index (κ1) is 16.1. The predicted octanol–water partition coefficient (Wildman–Crippen LogP) is 2.22. The molecule has 0 spiro atoms. The van der Waals surface area contributed by atoms with Crippen LogP contribution in [-0.4, -0.2) is 29.1 Å². The molecule has 0 aliphatic rings. The lowest BCUT2D eigenvalue weighted by Gasteiger charge is -2.10. The quantitative estimate of drug-likeness (QED) is 0.455. The Kier molecular flexibility index (Phi) is 6.11. The number of hydrogen-bond acceptors (Lipinski definition) is 4. The molecule has 1 aromatic rings. The van der Waals surface area contributed by atoms with Gasteiger partial charge in [0.2, 0.25) is 0 Å². The van der Waals surface area contributed by atoms with Gasteiger partial charge in [0.25, 0.3) is 11.6 Å². The molecule has 1 amide bonds. The Morgan fingerprint density at radius 2 is 2.20 bits per heavy atom. The van der Waals surface area contributed by atoms with Gasteiger partial charge in [-0.3, -0.25) is 14.9 Å². The zero-order valence-electron chi connectivity index (χ0n) is 11.8. The van der Waals surface area contributed by atoms with E-state index in [0.717, 1.165) is 12.8 Å². The average molecular weight is 280 g/mol. The van der Waals surface area contributed by atoms with E-state index < -0.39 is 4.92 Å². The van der Waals surface area contributed by atoms with Gasteiger partial charge in [-0.15, -0.1) is 0 Å². The summed E-state index contributed by atoms with van der Waals surface area (Å²) >= 11 is 0. The second kappa shape index (κ2) is 7.59. The number of aliphatic hydroxyl groups excluding tert-OH is 1. The number of nitro groups is 1. The SMILES string of the molecule is CCCCNC(=O)c1ccc(C(C)CO)c([N+](=O)[O-])c1. The average Bonchev–Trinajstić information content (AvgIpc) is 2.45. The van der Waals surface area contributed by atoms with E-state index in [1.807, 2.05) is 6.92 Å². The highest BCUT2D eigenvalue weighted by atomic mass is 16.6. The van der Waals surface area contributed by atoms with Crippen molar-refractivity contribution in [3.8, 4) is 0 Å². The highest BCUT2D eigenvalue weighted by Gasteiger charge is 2.20. The summed E-state index contributed by atoms with van der Waals surface area (Å²) < 4.78 is 0. The molecule has 0 radical (unpaired) electrons. The molecule has 20 heavy (non-hydrogen) atoms. The fraction of sp³-hybridized carbons (Fsp3) is 0.500. The summed E-state index contributed by atoms with van der Waals surface area (Å²) in [4.78, 5) is 22.4. The molecule has 1 aromatic carbocycles. The van der Waals surface area contributed by atoms with Crippen molar-refractivity contribution >= 4 is 11.6 Å². The number of nitrogens with zero attached hydrogens (tertiary/aromatic N) is 1. The number of unbranched alkanes of at least 4 members (excludes halogenated alkanes) is 1. The molecule has 0 heterocycles. The molecular weight excluding hydrogens is 260 g/mol. The van der Waals surface area contributed by atoms with E-state index in [4.69, 9.17) is 5.11 Å². The van der Waals surface area contributed by atoms with E-state index in [9.17, 15) is 14.9 Å². The Labute approximate surface area is 118 Å². The molecule has 0 fully saturated rings. The second-order valence-corrected chi connectivity index (χ2v) is 4.72. The highest BCUT2D eigenvalue weighted by Crippen LogP contribution is 2.27. The van der Waals surface area contributed by atoms with Gasteiger partial charge in [0, 0.05) is 36.3 Å². The Hall–Kier alpha value is -1.95. The maximum absolute atomic E-state index is 11.9. The first-order valence-electron chi connectivity index (χ1n) is 6.68. The lowest BCUT2D eigenvalue weighted by Crippen LogP contribution is -2.24. The van der Waals surface area contributed by atoms with Crippen molar-refractivity contribution in [3.05, 3.63) is 39.4 Å². The third-order valence-corrected chi connectivity index (χ3v) is 3.11. The molecule has 1 rings (SSSR count). The van der Waals surface area contributed by atoms with Crippen LogP contribution in [0.2, 0.25) is 0 Å². The van der Waals surface area contributed by atoms with E-state index in [1.54, 1.807) is 13.0 Å². The van der Waals surface area contributed by atoms with Crippen LogP contribution in [0, 0.1) is 10.1 Å². The molecule has 2 N–H and O–H groups in total. The van der Waals surface area contributed by atoms with Crippen molar-refractivity contribution in [2.75, 3.05) is 13.2 Å². The van der Waals surface area contributed by atoms with Gasteiger partial charge in [0.05, 0.1) is 4.92 Å². The second-order valence-electron chi connectivity index (χ2n) is 4.72. The van der Waals surface area contributed by atoms with Crippen LogP contribution in [0.15, 0.2) is 18.2 Å². The lowest BCUT2D eigenvalue weighted by atomic mass is 9.98. The van der Waals surface area contributed by atoms with Crippen LogP contribution in [0.25, 0.3) is 0 Å². The molecule has 6 nitrogen and oxygen atoms in total. The summed E-state index contributed by atoms with van der Waals surface area (Å²) in [7, 11) is 0. The van der Waals surface area contributed by atoms with Crippen LogP contribution in [0.1, 0.15) is 48.5 Å². The van der Waals surface area contributed by atoms with Crippen molar-refractivity contribution in [1.29, 1.82) is 0 Å². The zero-order chi connectivity index (χ0) is 15.1. The van der Waals surface area contributed by atoms with Gasteiger partial charge in [-0.2, -0.15) is 0 Å². The van der Waals surface area contributed by atoms with Gasteiger partial charge in [0.15, 0.2) is 0 Å². The molecule has 110 valence electrons. The third kappa shape index (κ3) is 4.03. The normalized spacial score (nSPS) is 11.9. The molecule has 6 heteroatoms. The standard InChI is InChI=1S/C14H20N2O4/c1-3-4-7-15-14(18)11-5-6-12(10(2)9-17)13(8-11)16(19)20/h5-6,8,10,17H,3-4,7,9H2,1-2H3,(H,15,18). The van der Waals surface area contributed by atoms with Crippen molar-refractivity contribution in [2.24, 2.45) is 0 Å². The van der Waals surface area contributed by atoms with Crippen LogP contribution < -0.4 is 5.32 Å². The maximum atomic E-state index is 11.9. The highest BCUT2D eigenvalue weighted by molar-refractivity contribution is 5.95. The number of hydrogen-bond donors (Lipinski definition) is 2. The summed E-state index contributed by atoms with van der Waals surface area (Å²) in [5.41, 5.74) is 0.569. The van der Waals surface area contributed by atoms with Crippen LogP contribution in [0.4, 0.5) is 5.69 Å². The van der Waals surface area contributed by atoms with Gasteiger partial charge >= 0.3 is 0 Å². The van der Waals surface area contributed by atoms with Crippen molar-refractivity contribution < 1.29 is 14.8 Å². The van der Waals surface area contributed by atoms with Crippen LogP contribution in [0.5, 0.6) is 0 Å². The van der Waals surface area contributed by atoms with Gasteiger partial charge in [-0.25, -0.2) is 0 Å². The largest absolute Gasteiger partial charge is 0.396 e. The summed E-state index contributed by atoms with van der Waals surface area (Å²) in [6.45, 7) is 4.09. The van der Waals surface area contributed by atoms with E-state index in [2.05, 4.69) is 5.32 Å². The Morgan fingerprint density at radius 3 is 2.75 bits per heavy atom. The van der Waals surface area contributed by atoms with Crippen molar-refractivity contribution in [1.82, 2.24) is 5.32 Å². The zero-order valence-corrected chi connectivity index (χ0v) is 11.8. The molecule has 0 saturated carbocycles. The number of amides is 1. The minimum atomic E-state index is -0.523. The van der Waals surface area contributed by atoms with E-state index in [0.29, 0.717) is 12.1 Å². The smallest absolute Gasteiger partial charge is 0.273 e. The van der Waals surface area contributed by atoms with E-state index in [-0.39, 0.29) is 29.7 Å². The summed E-state index contributed by atoms with van der Waals surface area (Å²) in [6.07, 6.45) is 1.83. The third-order valence-electron chi connectivity index (χ3n) is 3.11. The topological polar surface area (TPSA) is 92.5 Å². The number of carbonyl (C=O) groups excluding carboxylic acids is 1. The fourth-order valence-electron chi connectivity index (χ4n) is 1.84. The van der Waals surface area contributed by atoms with Crippen molar-refractivity contribution in [3.63, 3.8) is 0 Å². The van der Waals surface area contributed by atoms with Gasteiger partial charge < -0.3 is 10.4 Å². The molecule has 0 bridgehead atoms. The molecule has 0 aliphatic carbocycles. The molecule has 0 aliphatic heterocycles. The Balaban J connectivity index is 2.98. The Bertz CT molecular complexity index is 488. The Morgan fingerprint density at radius 1 is 1.50 bits per heavy atom. The summed E-state index contributed by atoms with van der Waals surface area (Å²) in [6, 6.07) is 4.35. The molecule has 0 aromatic heterocycles. The number of nitrogens with one attached hydrogen (secondary N) is 1. The van der Waals surface area contributed by atoms with Crippen molar-refractivity contribution in [2.45, 2.75) is 32.6 Å². The molecule has 1 unspecified atom stereocenters. The summed E-state index contributed by atoms with van der Waals surface area (Å²) in [5, 5.41) is 22.9. The van der Waals surface area contributed by atoms with Crippen LogP contribution >= 0.6 is 0 Å². The minimum absolute atomic E-state index is 0.130. The molecule has 0 saturated heterocycles. The maximum Gasteiger partial charge on any atom is 0.273 e. The fourth-order valence-corrected chi connectivity index (χ4v) is 1.84. The number of nitro benzene ring substituents is 1. The first-order valence-corrected chi connectivity index (χ1v) is 6.68. The van der Waals surface area contributed by atoms with Crippen LogP contribution in [-0.2, 0) is 0 Å². The van der Waals surface area contributed by atoms with Gasteiger partial charge in [-0.05, 0) is 12.5 Å². The number of aliphatic hydroxyl groups is 1. The predicted molar refractivity (Wildman–Crippen MR) is 75.8 cm³/mol. The minimum Gasteiger partial charge on any atom is -0.396 e. The molecule has 1 atom stereocenters. The number of rotatable bonds is 7. The van der Waals surface area contributed by atoms with Crippen LogP contribution in [0.3, 0.4) is 0 Å². The van der Waals surface area contributed by atoms with Gasteiger partial charge in [-0.1, -0.05) is 26.3 Å². The van der Waals surface area contributed by atoms with Gasteiger partial charge in [0.1, 0.15) is 0 Å². The number of carbonyl (C=O) groups is 1. The monoisotopic (exact) mass is 280 g/mol. The van der Waals surface area contributed by atoms with E-state index >= 15 is 0 Å². The first-order chi connectivity index (χ1) is 9.51.